The van der Waals surface area contributed by atoms with Crippen LogP contribution >= 0.6 is 0 Å². The van der Waals surface area contributed by atoms with Crippen LogP contribution in [-0.2, 0) is 0 Å². The molecule has 0 aromatic heterocycles. The Morgan fingerprint density at radius 2 is 1.35 bits per heavy atom. The van der Waals surface area contributed by atoms with E-state index in [1.54, 1.807) is 0 Å². The zero-order valence-electron chi connectivity index (χ0n) is 14.4. The van der Waals surface area contributed by atoms with Crippen LogP contribution in [0.3, 0.4) is 0 Å². The molecule has 110 valence electrons. The first kappa shape index (κ1) is 20.1. The third kappa shape index (κ3) is 9.96. The maximum atomic E-state index is 13.8. The number of halogens is 1. The summed E-state index contributed by atoms with van der Waals surface area (Å²) in [4.78, 5) is 0. The van der Waals surface area contributed by atoms with Gasteiger partial charge in [-0.05, 0) is 12.0 Å². The van der Waals surface area contributed by atoms with Crippen LogP contribution in [0.2, 0.25) is 0 Å². The van der Waals surface area contributed by atoms with Crippen LogP contribution in [0.4, 0.5) is 4.39 Å². The maximum Gasteiger partial charge on any atom is 1.00 e. The molecule has 0 fully saturated rings. The minimum atomic E-state index is -0.772. The normalized spacial score (nSPS) is 11.9. The molecule has 0 nitrogen and oxygen atoms in total. The second kappa shape index (κ2) is 14.1. The number of hydrogen-bond donors (Lipinski definition) is 0. The molecule has 20 heavy (non-hydrogen) atoms. The fourth-order valence-corrected chi connectivity index (χ4v) is 2.46. The van der Waals surface area contributed by atoms with Gasteiger partial charge in [-0.15, -0.1) is 0 Å². The summed E-state index contributed by atoms with van der Waals surface area (Å²) in [6, 6.07) is 9.54. The van der Waals surface area contributed by atoms with Crippen molar-refractivity contribution in [3.8, 4) is 0 Å². The van der Waals surface area contributed by atoms with Crippen molar-refractivity contribution in [3.05, 3.63) is 35.9 Å². The van der Waals surface area contributed by atoms with Crippen molar-refractivity contribution in [3.63, 3.8) is 0 Å². The zero-order chi connectivity index (χ0) is 13.8. The molecule has 1 aromatic rings. The van der Waals surface area contributed by atoms with Crippen molar-refractivity contribution in [1.82, 2.24) is 0 Å². The van der Waals surface area contributed by atoms with Crippen molar-refractivity contribution in [2.45, 2.75) is 77.3 Å². The van der Waals surface area contributed by atoms with Gasteiger partial charge in [0.1, 0.15) is 6.17 Å². The van der Waals surface area contributed by atoms with E-state index in [2.05, 4.69) is 6.92 Å². The number of unbranched alkanes of at least 4 members (excludes halogenated alkanes) is 8. The predicted octanol–water partition coefficient (Wildman–Crippen LogP) is 3.73. The number of rotatable bonds is 11. The summed E-state index contributed by atoms with van der Waals surface area (Å²) in [5, 5.41) is 0. The second-order valence-electron chi connectivity index (χ2n) is 5.50. The van der Waals surface area contributed by atoms with Gasteiger partial charge in [0, 0.05) is 0 Å². The second-order valence-corrected chi connectivity index (χ2v) is 5.50. The van der Waals surface area contributed by atoms with E-state index in [4.69, 9.17) is 0 Å². The van der Waals surface area contributed by atoms with Gasteiger partial charge >= 0.3 is 29.6 Å². The Labute approximate surface area is 148 Å². The van der Waals surface area contributed by atoms with Gasteiger partial charge in [-0.3, -0.25) is 0 Å². The van der Waals surface area contributed by atoms with E-state index in [-0.39, 0.29) is 31.0 Å². The molecule has 1 rings (SSSR count). The summed E-state index contributed by atoms with van der Waals surface area (Å²) in [5.74, 6) is 0. The van der Waals surface area contributed by atoms with Gasteiger partial charge in [-0.2, -0.15) is 0 Å². The van der Waals surface area contributed by atoms with Crippen LogP contribution < -0.4 is 29.6 Å². The molecule has 0 aliphatic heterocycles. The number of alkyl halides is 1. The molecule has 0 saturated carbocycles. The third-order valence-electron chi connectivity index (χ3n) is 3.72. The Hall–Kier alpha value is 0.150. The third-order valence-corrected chi connectivity index (χ3v) is 3.72. The molecule has 0 amide bonds. The van der Waals surface area contributed by atoms with E-state index in [0.29, 0.717) is 6.42 Å². The first-order valence-electron chi connectivity index (χ1n) is 8.03. The van der Waals surface area contributed by atoms with Gasteiger partial charge in [0.25, 0.3) is 0 Å². The molecule has 1 aromatic carbocycles. The van der Waals surface area contributed by atoms with Crippen LogP contribution in [0.25, 0.3) is 0 Å². The topological polar surface area (TPSA) is 0 Å². The van der Waals surface area contributed by atoms with Crippen LogP contribution in [0.1, 0.15) is 84.3 Å². The molecule has 0 aliphatic carbocycles. The molecule has 1 atom stereocenters. The minimum Gasteiger partial charge on any atom is -1.00 e. The molecule has 0 radical (unpaired) electrons. The van der Waals surface area contributed by atoms with Gasteiger partial charge in [0.2, 0.25) is 0 Å². The Morgan fingerprint density at radius 3 is 1.90 bits per heavy atom. The molecule has 0 spiro atoms. The maximum absolute atomic E-state index is 13.8. The Bertz CT molecular complexity index is 305. The molecule has 0 saturated heterocycles. The van der Waals surface area contributed by atoms with Crippen molar-refractivity contribution in [2.75, 3.05) is 0 Å². The summed E-state index contributed by atoms with van der Waals surface area (Å²) in [7, 11) is 0. The first-order valence-corrected chi connectivity index (χ1v) is 8.03. The molecule has 0 bridgehead atoms. The summed E-state index contributed by atoms with van der Waals surface area (Å²) in [5.41, 5.74) is 0.835. The SMILES string of the molecule is CCCCCCCCCCCC(F)c1ccccc1.[H-].[Na+]. The number of benzene rings is 1. The summed E-state index contributed by atoms with van der Waals surface area (Å²) >= 11 is 0. The van der Waals surface area contributed by atoms with Crippen molar-refractivity contribution in [1.29, 1.82) is 0 Å². The largest absolute Gasteiger partial charge is 1.00 e. The monoisotopic (exact) mass is 288 g/mol. The van der Waals surface area contributed by atoms with E-state index in [1.807, 2.05) is 30.3 Å². The Morgan fingerprint density at radius 1 is 0.850 bits per heavy atom. The smallest absolute Gasteiger partial charge is 1.00 e. The summed E-state index contributed by atoms with van der Waals surface area (Å²) < 4.78 is 13.8. The van der Waals surface area contributed by atoms with Crippen LogP contribution in [0.5, 0.6) is 0 Å². The Kier molecular flexibility index (Phi) is 14.2. The molecular weight excluding hydrogens is 258 g/mol. The fourth-order valence-electron chi connectivity index (χ4n) is 2.46. The predicted molar refractivity (Wildman–Crippen MR) is 83.2 cm³/mol. The minimum absolute atomic E-state index is 0. The molecule has 1 unspecified atom stereocenters. The van der Waals surface area contributed by atoms with Gasteiger partial charge in [0.15, 0.2) is 0 Å². The molecule has 0 N–H and O–H groups in total. The first-order chi connectivity index (χ1) is 9.34. The fraction of sp³-hybridized carbons (Fsp3) is 0.667. The van der Waals surface area contributed by atoms with Crippen molar-refractivity contribution >= 4 is 0 Å². The van der Waals surface area contributed by atoms with Crippen LogP contribution in [-0.4, -0.2) is 0 Å². The van der Waals surface area contributed by atoms with E-state index in [9.17, 15) is 4.39 Å². The van der Waals surface area contributed by atoms with Crippen molar-refractivity contribution in [2.24, 2.45) is 0 Å². The van der Waals surface area contributed by atoms with E-state index in [0.717, 1.165) is 12.0 Å². The van der Waals surface area contributed by atoms with Gasteiger partial charge in [-0.1, -0.05) is 95.0 Å². The van der Waals surface area contributed by atoms with Gasteiger partial charge in [-0.25, -0.2) is 4.39 Å². The molecule has 2 heteroatoms. The van der Waals surface area contributed by atoms with E-state index in [1.165, 1.54) is 51.4 Å². The average Bonchev–Trinajstić information content (AvgIpc) is 2.46. The standard InChI is InChI=1S/C18H29F.Na.H/c1-2-3-4-5-6-7-8-9-13-16-18(19)17-14-11-10-12-15-17;;/h10-12,14-15,18H,2-9,13,16H2,1H3;;/q;+1;-1. The molecular formula is C18H30FNa. The number of hydrogen-bond acceptors (Lipinski definition) is 0. The zero-order valence-corrected chi connectivity index (χ0v) is 15.4. The average molecular weight is 288 g/mol. The molecule has 0 heterocycles. The summed E-state index contributed by atoms with van der Waals surface area (Å²) in [6.07, 6.45) is 11.5. The van der Waals surface area contributed by atoms with E-state index >= 15 is 0 Å². The molecule has 0 aliphatic rings. The quantitative estimate of drug-likeness (QED) is 0.430. The van der Waals surface area contributed by atoms with Crippen molar-refractivity contribution < 1.29 is 35.4 Å². The van der Waals surface area contributed by atoms with Crippen LogP contribution in [0, 0.1) is 0 Å². The Balaban J connectivity index is 0. The van der Waals surface area contributed by atoms with E-state index < -0.39 is 6.17 Å². The summed E-state index contributed by atoms with van der Waals surface area (Å²) in [6.45, 7) is 2.25. The van der Waals surface area contributed by atoms with Gasteiger partial charge in [0.05, 0.1) is 0 Å². The van der Waals surface area contributed by atoms with Crippen LogP contribution in [0.15, 0.2) is 30.3 Å². The van der Waals surface area contributed by atoms with Gasteiger partial charge < -0.3 is 1.43 Å².